The zero-order chi connectivity index (χ0) is 100. The summed E-state index contributed by atoms with van der Waals surface area (Å²) in [4.78, 5) is 151. The number of methoxy groups -OCH3 is 3. The first-order chi connectivity index (χ1) is 66.2. The van der Waals surface area contributed by atoms with Gasteiger partial charge in [0.15, 0.2) is 17.1 Å². The average Bonchev–Trinajstić information content (AvgIpc) is 1.57. The van der Waals surface area contributed by atoms with Crippen molar-refractivity contribution in [3.63, 3.8) is 0 Å². The smallest absolute Gasteiger partial charge is 0.408 e. The number of alkyl carbamates (subject to hydrolysis) is 3. The van der Waals surface area contributed by atoms with Crippen LogP contribution in [0.4, 0.5) is 40.7 Å². The van der Waals surface area contributed by atoms with Crippen molar-refractivity contribution in [3.8, 4) is 34.9 Å². The molecule has 7 saturated carbocycles. The van der Waals surface area contributed by atoms with Crippen LogP contribution < -0.4 is 44.4 Å². The van der Waals surface area contributed by atoms with E-state index in [0.29, 0.717) is 160 Å². The van der Waals surface area contributed by atoms with Gasteiger partial charge in [0.2, 0.25) is 35.4 Å². The number of rotatable bonds is 8. The van der Waals surface area contributed by atoms with Gasteiger partial charge in [0.1, 0.15) is 71.5 Å². The van der Waals surface area contributed by atoms with Gasteiger partial charge in [-0.25, -0.2) is 63.1 Å². The molecule has 6 aliphatic heterocycles. The van der Waals surface area contributed by atoms with Gasteiger partial charge in [-0.3, -0.25) is 14.4 Å². The molecule has 30 nitrogen and oxygen atoms in total. The van der Waals surface area contributed by atoms with E-state index in [1.807, 2.05) is 81.2 Å². The van der Waals surface area contributed by atoms with E-state index in [2.05, 4.69) is 45.9 Å². The molecule has 2 unspecified atom stereocenters. The number of halogens is 6. The Hall–Kier alpha value is -8.96. The Morgan fingerprint density at radius 1 is 0.406 bits per heavy atom. The van der Waals surface area contributed by atoms with E-state index in [1.165, 1.54) is 36.0 Å². The molecular weight excluding hydrogens is 1970 g/mol. The normalized spacial score (nSPS) is 31.8. The van der Waals surface area contributed by atoms with Gasteiger partial charge in [0, 0.05) is 90.1 Å². The summed E-state index contributed by atoms with van der Waals surface area (Å²) in [7, 11) is 4.51. The molecule has 6 bridgehead atoms. The molecule has 20 atom stereocenters. The Kier molecular flexibility index (Phi) is 31.9. The molecule has 39 heteroatoms. The Morgan fingerprint density at radius 2 is 0.748 bits per heavy atom. The van der Waals surface area contributed by atoms with Crippen LogP contribution >= 0.6 is 0 Å². The maximum atomic E-state index is 16.9. The van der Waals surface area contributed by atoms with E-state index >= 15 is 26.3 Å². The van der Waals surface area contributed by atoms with Crippen LogP contribution in [0.25, 0.3) is 33.1 Å². The van der Waals surface area contributed by atoms with Gasteiger partial charge < -0.3 is 87.7 Å². The Morgan fingerprint density at radius 3 is 1.12 bits per heavy atom. The second-order valence-electron chi connectivity index (χ2n) is 45.1. The Labute approximate surface area is 865 Å². The molecule has 3 aromatic heterocycles. The van der Waals surface area contributed by atoms with Crippen LogP contribution in [0.5, 0.6) is 34.9 Å². The minimum atomic E-state index is -3.37. The molecule has 6 amide bonds. The summed E-state index contributed by atoms with van der Waals surface area (Å²) in [5.41, 5.74) is -6.65. The molecule has 3 radical (unpaired) electrons. The molecule has 7 aliphatic carbocycles. The predicted octanol–water partition coefficient (Wildman–Crippen LogP) is 17.4. The van der Waals surface area contributed by atoms with Crippen LogP contribution in [0.2, 0.25) is 0 Å². The summed E-state index contributed by atoms with van der Waals surface area (Å²) < 4.78 is 154. The second kappa shape index (κ2) is 41.6. The summed E-state index contributed by atoms with van der Waals surface area (Å²) in [5, 5.41) is 8.40. The monoisotopic (exact) mass is 2100 g/mol. The number of alkyl halides is 6. The number of fused-ring (bicyclic) bond motifs is 17. The number of nitrogens with one attached hydrogen (secondary N) is 3. The number of carbonyl (C=O) groups excluding carboxylic acids is 9. The van der Waals surface area contributed by atoms with Crippen LogP contribution in [0.1, 0.15) is 255 Å². The van der Waals surface area contributed by atoms with Gasteiger partial charge in [-0.05, 0) is 222 Å². The minimum absolute atomic E-state index is 0. The molecule has 19 rings (SSSR count). The SMILES string of the molecule is CC[C@@H]1[C@@H]2CN(C(=O)[C@H](C(C)(C)C)NC(=O)O[C@@H]3CC4CC4[C@H]3CCCC3(CC3)C(F)(F)c3nc4ccc(OC)cc4nc3O2)[C@@H]1[C-]=O.CC[C@@H]1[C@@H]2CN(C(=O)[C@H](C(C)(C)C)NC(=O)O[C@]3(C)CCC[C@H]3CCCC3(CC3)C(F)(F)c3nc4ccc(OC)cc4nc3O2)[C@@H]1[C-]=O.COc1ccc2nc3c(nc2c1)O[C@H]1CN(C(=O)[C@H](C(C)(C)C)NC(=O)O[C@@H]2C[C@H]2CCCC2(CC2)C3(F)F)[C@H]([C-]=O)[C@@H]1C.[V].[V].[V]. The topological polar surface area (TPSA) is 360 Å². The molecule has 3 N–H and O–H groups in total. The number of ether oxygens (including phenoxy) is 9. The third-order valence-electron chi connectivity index (χ3n) is 33.0. The van der Waals surface area contributed by atoms with Crippen LogP contribution in [-0.2, 0) is 116 Å². The molecule has 143 heavy (non-hydrogen) atoms. The van der Waals surface area contributed by atoms with Crippen LogP contribution in [0.15, 0.2) is 54.6 Å². The minimum Gasteiger partial charge on any atom is -0.540 e. The average molecular weight is 2100 g/mol. The van der Waals surface area contributed by atoms with E-state index < -0.39 is 181 Å². The van der Waals surface area contributed by atoms with Crippen LogP contribution in [0, 0.1) is 79.8 Å². The van der Waals surface area contributed by atoms with E-state index in [4.69, 9.17) is 42.6 Å². The van der Waals surface area contributed by atoms with Gasteiger partial charge in [-0.15, -0.1) is 0 Å². The molecule has 9 heterocycles. The number of benzene rings is 3. The zero-order valence-corrected chi connectivity index (χ0v) is 88.2. The molecule has 3 aromatic carbocycles. The predicted molar refractivity (Wildman–Crippen MR) is 500 cm³/mol. The molecular formula is C104H131F6N12O18V3-3. The fourth-order valence-corrected chi connectivity index (χ4v) is 23.6. The Bertz CT molecular complexity index is 5640. The van der Waals surface area contributed by atoms with Crippen molar-refractivity contribution in [1.82, 2.24) is 60.6 Å². The largest absolute Gasteiger partial charge is 0.540 e. The van der Waals surface area contributed by atoms with Gasteiger partial charge in [-0.1, -0.05) is 133 Å². The molecule has 10 fully saturated rings. The first-order valence-electron chi connectivity index (χ1n) is 49.9. The van der Waals surface area contributed by atoms with E-state index in [1.54, 1.807) is 82.3 Å². The number of aromatic nitrogens is 6. The molecule has 6 aromatic rings. The Balaban J connectivity index is 0.000000169. The van der Waals surface area contributed by atoms with Crippen molar-refractivity contribution in [1.29, 1.82) is 0 Å². The fourth-order valence-electron chi connectivity index (χ4n) is 23.6. The van der Waals surface area contributed by atoms with Crippen LogP contribution in [0.3, 0.4) is 0 Å². The summed E-state index contributed by atoms with van der Waals surface area (Å²) in [5.74, 6) is -11.7. The van der Waals surface area contributed by atoms with Crippen molar-refractivity contribution in [2.75, 3.05) is 41.0 Å². The van der Waals surface area contributed by atoms with E-state index in [9.17, 15) is 43.2 Å². The summed E-state index contributed by atoms with van der Waals surface area (Å²) in [6.07, 6.45) is 12.7. The summed E-state index contributed by atoms with van der Waals surface area (Å²) >= 11 is 0. The van der Waals surface area contributed by atoms with Crippen molar-refractivity contribution in [3.05, 3.63) is 71.7 Å². The first-order valence-corrected chi connectivity index (χ1v) is 49.9. The molecule has 3 saturated heterocycles. The van der Waals surface area contributed by atoms with Gasteiger partial charge in [0.05, 0.1) is 74.1 Å². The summed E-state index contributed by atoms with van der Waals surface area (Å²) in [6.45, 7) is 23.4. The maximum absolute atomic E-state index is 16.9. The maximum Gasteiger partial charge on any atom is 0.408 e. The standard InChI is InChI=1S/C36H45F2N4O6.C36H47F2N4O6.C32H39F2N4O6.3V/c1-6-21-26(18-43)42-17-28(21)47-31-29(39-24-10-9-20(46-5)16-25(24)40-31)36(37,38)35(12-13-35)11-7-8-22-23-14-19(23)15-27(22)48-33(45)41-30(32(42)44)34(2,3)4;1-7-23-26(20-43)42-19-27(23)47-30-28(39-24-13-12-22(46-6)18-25(24)40-30)36(37,38)35(16-17-35)15-9-11-21-10-8-14-34(21,5)48-32(45)41-29(31(42)44)33(2,3)4;1-17-22(16-39)38-15-24(17)43-27-25(35-20-9-8-19(42-5)14-21(20)36-27)32(33,34)31(11-12-31)10-6-7-18-13-23(18)44-29(41)37-26(28(38)40)30(2,3)4;;;/h9-10,16,19,21-23,26-28,30H,6-8,11-15,17H2,1-5H3,(H,41,45);12-13,18,21,23,26-27,29H,7-11,14-17,19H2,1-6H3,(H,41,45);8-9,14,17-18,22-24,26H,6-7,10-13,15H2,1-5H3,(H,37,41);;;/q3*-1;;;/t19?,21-,22+,23?,26+,27+,28-,30+;21-,23-,26+,27-,29+,34+;17-,18+,22+,23+,24-,26+;;;/m000.../s1. The number of nitrogens with zero attached hydrogens (tertiary/aromatic N) is 9. The van der Waals surface area contributed by atoms with E-state index in [0.717, 1.165) is 25.7 Å². The first kappa shape index (κ1) is 110. The number of hydrogen-bond donors (Lipinski definition) is 3. The van der Waals surface area contributed by atoms with Crippen molar-refractivity contribution < 1.29 is 168 Å². The summed E-state index contributed by atoms with van der Waals surface area (Å²) in [6, 6.07) is 8.43. The molecule has 3 spiro atoms. The molecule has 13 aliphatic rings. The number of amides is 6. The van der Waals surface area contributed by atoms with E-state index in [-0.39, 0.29) is 147 Å². The van der Waals surface area contributed by atoms with Gasteiger partial charge in [0.25, 0.3) is 0 Å². The fraction of sp³-hybridized carbons (Fsp3) is 0.683. The number of hydrogen-bond acceptors (Lipinski definition) is 24. The molecule has 775 valence electrons. The number of carbonyl (C=O) groups is 6. The third kappa shape index (κ3) is 21.4. The van der Waals surface area contributed by atoms with Crippen molar-refractivity contribution in [2.45, 2.75) is 328 Å². The zero-order valence-electron chi connectivity index (χ0n) is 84.0. The second-order valence-corrected chi connectivity index (χ2v) is 45.1. The third-order valence-corrected chi connectivity index (χ3v) is 33.0. The van der Waals surface area contributed by atoms with Crippen molar-refractivity contribution in [2.24, 2.45) is 79.8 Å². The van der Waals surface area contributed by atoms with Gasteiger partial charge >= 0.3 is 36.0 Å². The quantitative estimate of drug-likeness (QED) is 0.0724. The van der Waals surface area contributed by atoms with Crippen LogP contribution in [-0.4, -0.2) is 213 Å². The van der Waals surface area contributed by atoms with Gasteiger partial charge in [-0.2, -0.15) is 26.3 Å². The van der Waals surface area contributed by atoms with Crippen molar-refractivity contribution >= 4 is 88.0 Å².